The van der Waals surface area contributed by atoms with Gasteiger partial charge in [0, 0.05) is 13.1 Å². The van der Waals surface area contributed by atoms with Crippen LogP contribution in [-0.4, -0.2) is 18.0 Å². The molecule has 2 atom stereocenters. The van der Waals surface area contributed by atoms with Gasteiger partial charge in [0.05, 0.1) is 5.56 Å². The monoisotopic (exact) mass is 589 g/mol. The molecule has 0 saturated carbocycles. The van der Waals surface area contributed by atoms with Crippen LogP contribution in [0.25, 0.3) is 11.1 Å². The highest BCUT2D eigenvalue weighted by molar-refractivity contribution is 5.66. The number of alkyl halides is 3. The zero-order chi connectivity index (χ0) is 30.6. The molecular weight excluding hydrogens is 550 g/mol. The fourth-order valence-electron chi connectivity index (χ4n) is 6.09. The Kier molecular flexibility index (Phi) is 9.55. The second kappa shape index (κ2) is 13.3. The summed E-state index contributed by atoms with van der Waals surface area (Å²) in [5, 5.41) is 0. The molecule has 6 heteroatoms. The van der Waals surface area contributed by atoms with Crippen molar-refractivity contribution in [2.45, 2.75) is 64.6 Å². The fraction of sp³-hybridized carbons (Fsp3) is 0.351. The minimum atomic E-state index is -4.35. The summed E-state index contributed by atoms with van der Waals surface area (Å²) in [6.07, 6.45) is -1.14. The van der Waals surface area contributed by atoms with Crippen LogP contribution in [0, 0.1) is 11.7 Å². The van der Waals surface area contributed by atoms with Crippen LogP contribution >= 0.6 is 0 Å². The largest absolute Gasteiger partial charge is 0.457 e. The lowest BCUT2D eigenvalue weighted by Gasteiger charge is -2.33. The molecule has 0 N–H and O–H groups in total. The van der Waals surface area contributed by atoms with Crippen molar-refractivity contribution >= 4 is 0 Å². The molecule has 0 radical (unpaired) electrons. The van der Waals surface area contributed by atoms with Crippen molar-refractivity contribution in [3.63, 3.8) is 0 Å². The molecule has 1 fully saturated rings. The Morgan fingerprint density at radius 2 is 1.47 bits per heavy atom. The predicted octanol–water partition coefficient (Wildman–Crippen LogP) is 10.8. The smallest absolute Gasteiger partial charge is 0.416 e. The molecule has 2 nitrogen and oxygen atoms in total. The van der Waals surface area contributed by atoms with Crippen LogP contribution in [0.3, 0.4) is 0 Å². The van der Waals surface area contributed by atoms with Gasteiger partial charge in [-0.15, -0.1) is 0 Å². The molecule has 0 spiro atoms. The maximum absolute atomic E-state index is 13.2. The Bertz CT molecular complexity index is 1480. The lowest BCUT2D eigenvalue weighted by molar-refractivity contribution is -0.137. The third-order valence-electron chi connectivity index (χ3n) is 8.27. The average molecular weight is 590 g/mol. The van der Waals surface area contributed by atoms with E-state index >= 15 is 0 Å². The van der Waals surface area contributed by atoms with E-state index in [0.29, 0.717) is 29.3 Å². The van der Waals surface area contributed by atoms with E-state index < -0.39 is 11.7 Å². The maximum Gasteiger partial charge on any atom is 0.416 e. The van der Waals surface area contributed by atoms with Gasteiger partial charge in [-0.2, -0.15) is 13.2 Å². The molecule has 43 heavy (non-hydrogen) atoms. The second-order valence-corrected chi connectivity index (χ2v) is 12.3. The normalized spacial score (nSPS) is 16.8. The number of hydrogen-bond acceptors (Lipinski definition) is 2. The van der Waals surface area contributed by atoms with Crippen LogP contribution < -0.4 is 4.74 Å². The molecule has 0 bridgehead atoms. The summed E-state index contributed by atoms with van der Waals surface area (Å²) in [6.45, 7) is 9.44. The zero-order valence-electron chi connectivity index (χ0n) is 25.0. The molecule has 1 saturated heterocycles. The van der Waals surface area contributed by atoms with Gasteiger partial charge in [-0.1, -0.05) is 63.2 Å². The van der Waals surface area contributed by atoms with E-state index in [1.165, 1.54) is 41.0 Å². The molecule has 226 valence electrons. The fourth-order valence-corrected chi connectivity index (χ4v) is 6.09. The minimum Gasteiger partial charge on any atom is -0.457 e. The van der Waals surface area contributed by atoms with Gasteiger partial charge in [-0.25, -0.2) is 4.39 Å². The van der Waals surface area contributed by atoms with Gasteiger partial charge in [0.2, 0.25) is 0 Å². The molecular formula is C37H39F4NO. The number of halogens is 4. The first kappa shape index (κ1) is 30.8. The third kappa shape index (κ3) is 8.26. The SMILES string of the molecule is CC(C)CC(C)c1cc(-c2ccc(C(F)(F)F)cc2)cc(C2CCCN(Cc3ccc(Oc4ccc(F)cc4)cc3)C2)c1. The van der Waals surface area contributed by atoms with Gasteiger partial charge in [0.15, 0.2) is 0 Å². The summed E-state index contributed by atoms with van der Waals surface area (Å²) in [5.74, 6) is 2.24. The summed E-state index contributed by atoms with van der Waals surface area (Å²) in [5.41, 5.74) is 4.86. The number of benzene rings is 4. The molecule has 4 aromatic rings. The van der Waals surface area contributed by atoms with Crippen molar-refractivity contribution in [3.05, 3.63) is 119 Å². The highest BCUT2D eigenvalue weighted by Gasteiger charge is 2.30. The van der Waals surface area contributed by atoms with E-state index in [2.05, 4.69) is 56.0 Å². The van der Waals surface area contributed by atoms with Gasteiger partial charge < -0.3 is 4.74 Å². The van der Waals surface area contributed by atoms with Crippen LogP contribution in [0.5, 0.6) is 11.5 Å². The second-order valence-electron chi connectivity index (χ2n) is 12.3. The first-order valence-corrected chi connectivity index (χ1v) is 15.1. The van der Waals surface area contributed by atoms with Crippen LogP contribution in [0.2, 0.25) is 0 Å². The Labute approximate surface area is 252 Å². The molecule has 5 rings (SSSR count). The third-order valence-corrected chi connectivity index (χ3v) is 8.27. The topological polar surface area (TPSA) is 12.5 Å². The number of ether oxygens (including phenoxy) is 1. The van der Waals surface area contributed by atoms with E-state index in [4.69, 9.17) is 4.74 Å². The van der Waals surface area contributed by atoms with Crippen LogP contribution in [-0.2, 0) is 12.7 Å². The standard InChI is InChI=1S/C37H39F4NO/c1-25(2)19-26(3)30-20-31(28-8-10-33(11-9-28)37(39,40)41)22-32(21-30)29-5-4-18-42(24-29)23-27-6-14-35(15-7-27)43-36-16-12-34(38)13-17-36/h6-17,20-22,25-26,29H,4-5,18-19,23-24H2,1-3H3. The molecule has 0 aromatic heterocycles. The summed E-state index contributed by atoms with van der Waals surface area (Å²) in [7, 11) is 0. The Morgan fingerprint density at radius 1 is 0.814 bits per heavy atom. The maximum atomic E-state index is 13.2. The van der Waals surface area contributed by atoms with Crippen molar-refractivity contribution in [1.29, 1.82) is 0 Å². The molecule has 4 aromatic carbocycles. The zero-order valence-corrected chi connectivity index (χ0v) is 25.0. The van der Waals surface area contributed by atoms with Gasteiger partial charge in [0.25, 0.3) is 0 Å². The lowest BCUT2D eigenvalue weighted by atomic mass is 9.83. The van der Waals surface area contributed by atoms with Crippen molar-refractivity contribution in [1.82, 2.24) is 4.90 Å². The number of nitrogens with zero attached hydrogens (tertiary/aromatic N) is 1. The average Bonchev–Trinajstić information content (AvgIpc) is 2.98. The summed E-state index contributed by atoms with van der Waals surface area (Å²) in [4.78, 5) is 2.48. The quantitative estimate of drug-likeness (QED) is 0.180. The highest BCUT2D eigenvalue weighted by Crippen LogP contribution is 2.37. The summed E-state index contributed by atoms with van der Waals surface area (Å²) < 4.78 is 58.7. The Balaban J connectivity index is 1.33. The Hall–Kier alpha value is -3.64. The summed E-state index contributed by atoms with van der Waals surface area (Å²) >= 11 is 0. The predicted molar refractivity (Wildman–Crippen MR) is 165 cm³/mol. The number of likely N-dealkylation sites (tertiary alicyclic amines) is 1. The van der Waals surface area contributed by atoms with E-state index in [0.717, 1.165) is 50.0 Å². The van der Waals surface area contributed by atoms with E-state index in [1.54, 1.807) is 24.3 Å². The molecule has 1 aliphatic rings. The van der Waals surface area contributed by atoms with Crippen molar-refractivity contribution in [3.8, 4) is 22.6 Å². The molecule has 1 heterocycles. The minimum absolute atomic E-state index is 0.296. The van der Waals surface area contributed by atoms with Crippen molar-refractivity contribution < 1.29 is 22.3 Å². The van der Waals surface area contributed by atoms with Gasteiger partial charge in [-0.3, -0.25) is 4.90 Å². The molecule has 1 aliphatic heterocycles. The molecule has 0 aliphatic carbocycles. The summed E-state index contributed by atoms with van der Waals surface area (Å²) in [6, 6.07) is 26.2. The van der Waals surface area contributed by atoms with E-state index in [1.807, 2.05) is 12.1 Å². The van der Waals surface area contributed by atoms with Crippen LogP contribution in [0.1, 0.15) is 74.1 Å². The number of piperidine rings is 1. The molecule has 0 amide bonds. The first-order valence-electron chi connectivity index (χ1n) is 15.1. The highest BCUT2D eigenvalue weighted by atomic mass is 19.4. The molecule has 2 unspecified atom stereocenters. The van der Waals surface area contributed by atoms with E-state index in [9.17, 15) is 17.6 Å². The van der Waals surface area contributed by atoms with Crippen LogP contribution in [0.15, 0.2) is 91.0 Å². The Morgan fingerprint density at radius 3 is 2.09 bits per heavy atom. The van der Waals surface area contributed by atoms with Crippen molar-refractivity contribution in [2.75, 3.05) is 13.1 Å². The van der Waals surface area contributed by atoms with E-state index in [-0.39, 0.29) is 5.82 Å². The number of rotatable bonds is 9. The van der Waals surface area contributed by atoms with Gasteiger partial charge in [-0.05, 0) is 120 Å². The van der Waals surface area contributed by atoms with Crippen LogP contribution in [0.4, 0.5) is 17.6 Å². The number of hydrogen-bond donors (Lipinski definition) is 0. The van der Waals surface area contributed by atoms with Crippen molar-refractivity contribution in [2.24, 2.45) is 5.92 Å². The van der Waals surface area contributed by atoms with Gasteiger partial charge >= 0.3 is 6.18 Å². The van der Waals surface area contributed by atoms with Gasteiger partial charge in [0.1, 0.15) is 17.3 Å². The first-order chi connectivity index (χ1) is 20.5. The lowest BCUT2D eigenvalue weighted by Crippen LogP contribution is -2.33.